The number of hydrogen-bond donors (Lipinski definition) is 3. The summed E-state index contributed by atoms with van der Waals surface area (Å²) in [4.78, 5) is 38.1. The van der Waals surface area contributed by atoms with Crippen LogP contribution in [0, 0.1) is 4.91 Å². The largest absolute Gasteiger partial charge is 0.458 e. The Labute approximate surface area is 233 Å². The Balaban J connectivity index is 1.47. The minimum atomic E-state index is -1.32. The number of nitroso groups, excluding NO2 is 1. The Bertz CT molecular complexity index is 1060. The van der Waals surface area contributed by atoms with Gasteiger partial charge in [-0.1, -0.05) is 41.0 Å². The third kappa shape index (κ3) is 8.01. The highest BCUT2D eigenvalue weighted by molar-refractivity contribution is 6.43. The molecule has 3 N–H and O–H groups in total. The first-order chi connectivity index (χ1) is 19.1. The lowest BCUT2D eigenvalue weighted by Gasteiger charge is -2.54. The van der Waals surface area contributed by atoms with Crippen molar-refractivity contribution in [3.63, 3.8) is 0 Å². The lowest BCUT2D eigenvalue weighted by atomic mass is 9.37. The van der Waals surface area contributed by atoms with Crippen LogP contribution in [-0.2, 0) is 23.8 Å². The molecule has 0 radical (unpaired) electrons. The normalized spacial score (nSPS) is 34.6. The van der Waals surface area contributed by atoms with Gasteiger partial charge in [0.1, 0.15) is 25.5 Å². The fourth-order valence-corrected chi connectivity index (χ4v) is 5.27. The summed E-state index contributed by atoms with van der Waals surface area (Å²) in [5.41, 5.74) is 8.09. The maximum atomic E-state index is 12.4. The number of nitrogens with one attached hydrogen (secondary N) is 1. The predicted octanol–water partition coefficient (Wildman–Crippen LogP) is 2.36. The third-order valence-corrected chi connectivity index (χ3v) is 7.79. The van der Waals surface area contributed by atoms with Crippen molar-refractivity contribution in [2.24, 2.45) is 10.3 Å². The van der Waals surface area contributed by atoms with Crippen LogP contribution in [0.15, 0.2) is 46.2 Å². The van der Waals surface area contributed by atoms with E-state index in [1.165, 1.54) is 12.2 Å². The Kier molecular flexibility index (Phi) is 11.5. The average molecular weight is 559 g/mol. The van der Waals surface area contributed by atoms with Gasteiger partial charge in [-0.2, -0.15) is 4.91 Å². The highest BCUT2D eigenvalue weighted by Crippen LogP contribution is 2.49. The number of carbonyl (C=O) groups excluding carboxylic acids is 2. The van der Waals surface area contributed by atoms with Crippen molar-refractivity contribution in [2.45, 2.75) is 107 Å². The van der Waals surface area contributed by atoms with Crippen LogP contribution in [-0.4, -0.2) is 84.3 Å². The van der Waals surface area contributed by atoms with Gasteiger partial charge < -0.3 is 29.7 Å². The van der Waals surface area contributed by atoms with E-state index in [-0.39, 0.29) is 37.1 Å². The van der Waals surface area contributed by atoms with E-state index in [4.69, 9.17) is 19.7 Å². The molecule has 0 aromatic carbocycles. The monoisotopic (exact) mass is 559 g/mol. The third-order valence-electron chi connectivity index (χ3n) is 7.79. The van der Waals surface area contributed by atoms with Crippen LogP contribution in [0.1, 0.15) is 46.5 Å². The van der Waals surface area contributed by atoms with E-state index in [2.05, 4.69) is 20.5 Å². The minimum Gasteiger partial charge on any atom is -0.458 e. The van der Waals surface area contributed by atoms with Gasteiger partial charge in [-0.15, -0.1) is 0 Å². The quantitative estimate of drug-likeness (QED) is 0.0474. The first-order valence-electron chi connectivity index (χ1n) is 13.7. The summed E-state index contributed by atoms with van der Waals surface area (Å²) in [6.45, 7) is 5.32. The zero-order chi connectivity index (χ0) is 29.3. The van der Waals surface area contributed by atoms with E-state index in [0.29, 0.717) is 26.4 Å². The van der Waals surface area contributed by atoms with Crippen LogP contribution in [0.25, 0.3) is 10.4 Å². The van der Waals surface area contributed by atoms with Gasteiger partial charge >= 0.3 is 5.97 Å². The van der Waals surface area contributed by atoms with Crippen molar-refractivity contribution in [1.82, 2.24) is 5.32 Å². The standard InChI is InChI=1S/C26H38BN5O8/c1-4-22(34)39-18(13-29-32-28)9-12-21(33)30-19-10-8-17(38-16(19)3)7-5-15(2)6-11-20-24(31-37)26(36)14-27-23(26)25(35)40-20/h5-6,9,11-12,16-20,23-25,27,35-36H,4,7-8,10,13-14H2,1-3H3,(H,30,33)/b11-6+,12-9-,15-5+. The molecule has 13 nitrogen and oxygen atoms in total. The van der Waals surface area contributed by atoms with Crippen molar-refractivity contribution in [2.75, 3.05) is 6.54 Å². The lowest BCUT2D eigenvalue weighted by molar-refractivity contribution is -0.219. The van der Waals surface area contributed by atoms with Crippen LogP contribution in [0.5, 0.6) is 0 Å². The summed E-state index contributed by atoms with van der Waals surface area (Å²) in [6, 6.07) is -1.16. The fraction of sp³-hybridized carbons (Fsp3) is 0.692. The molecule has 0 bridgehead atoms. The number of nitrogens with zero attached hydrogens (tertiary/aromatic N) is 4. The molecule has 9 atom stereocenters. The molecule has 3 heterocycles. The lowest BCUT2D eigenvalue weighted by Crippen LogP contribution is -2.67. The second-order valence-electron chi connectivity index (χ2n) is 10.5. The van der Waals surface area contributed by atoms with Gasteiger partial charge in [-0.3, -0.25) is 9.59 Å². The maximum Gasteiger partial charge on any atom is 0.306 e. The summed E-state index contributed by atoms with van der Waals surface area (Å²) < 4.78 is 16.8. The van der Waals surface area contributed by atoms with Crippen molar-refractivity contribution in [3.8, 4) is 0 Å². The summed E-state index contributed by atoms with van der Waals surface area (Å²) in [5, 5.41) is 30.3. The number of azide groups is 1. The smallest absolute Gasteiger partial charge is 0.306 e. The topological polar surface area (TPSA) is 193 Å². The van der Waals surface area contributed by atoms with Gasteiger partial charge in [0.25, 0.3) is 0 Å². The molecule has 0 aromatic heterocycles. The molecule has 0 saturated carbocycles. The van der Waals surface area contributed by atoms with Crippen LogP contribution < -0.4 is 5.32 Å². The fourth-order valence-electron chi connectivity index (χ4n) is 5.27. The van der Waals surface area contributed by atoms with E-state index in [1.807, 2.05) is 19.9 Å². The Morgan fingerprint density at radius 2 is 2.10 bits per heavy atom. The van der Waals surface area contributed by atoms with Crippen molar-refractivity contribution < 1.29 is 34.0 Å². The first kappa shape index (κ1) is 31.5. The van der Waals surface area contributed by atoms with Gasteiger partial charge in [0.2, 0.25) is 5.91 Å². The SMILES string of the molecule is CCC(=O)OC(/C=C\C(=O)NC1CCC(C/C=C(C)/C=C/C2OC(O)C3BCC3(O)C2N=O)OC1C)CN=[N+]=[N-]. The first-order valence-corrected chi connectivity index (χ1v) is 13.7. The van der Waals surface area contributed by atoms with E-state index in [9.17, 15) is 24.7 Å². The van der Waals surface area contributed by atoms with Gasteiger partial charge in [0.05, 0.1) is 30.4 Å². The molecule has 14 heteroatoms. The van der Waals surface area contributed by atoms with Crippen molar-refractivity contribution >= 4 is 19.2 Å². The molecule has 0 spiro atoms. The number of carbonyl (C=O) groups is 2. The van der Waals surface area contributed by atoms with Gasteiger partial charge in [-0.05, 0) is 51.0 Å². The van der Waals surface area contributed by atoms with E-state index in [0.717, 1.165) is 12.0 Å². The number of esters is 1. The molecule has 40 heavy (non-hydrogen) atoms. The summed E-state index contributed by atoms with van der Waals surface area (Å²) in [5.74, 6) is -1.32. The van der Waals surface area contributed by atoms with Gasteiger partial charge in [0.15, 0.2) is 6.29 Å². The zero-order valence-electron chi connectivity index (χ0n) is 23.1. The van der Waals surface area contributed by atoms with Crippen molar-refractivity contribution in [1.29, 1.82) is 0 Å². The molecule has 1 amide bonds. The zero-order valence-corrected chi connectivity index (χ0v) is 23.1. The number of aliphatic hydroxyl groups is 2. The second-order valence-corrected chi connectivity index (χ2v) is 10.5. The van der Waals surface area contributed by atoms with E-state index >= 15 is 0 Å². The number of rotatable bonds is 12. The van der Waals surface area contributed by atoms with Crippen LogP contribution in [0.4, 0.5) is 0 Å². The van der Waals surface area contributed by atoms with Crippen LogP contribution in [0.2, 0.25) is 12.1 Å². The minimum absolute atomic E-state index is 0.0442. The van der Waals surface area contributed by atoms with Gasteiger partial charge in [-0.25, -0.2) is 0 Å². The maximum absolute atomic E-state index is 12.4. The molecular weight excluding hydrogens is 521 g/mol. The van der Waals surface area contributed by atoms with Crippen molar-refractivity contribution in [3.05, 3.63) is 51.3 Å². The molecule has 0 aromatic rings. The summed E-state index contributed by atoms with van der Waals surface area (Å²) in [7, 11) is 0.593. The molecule has 9 unspecified atom stereocenters. The van der Waals surface area contributed by atoms with Crippen LogP contribution in [0.3, 0.4) is 0 Å². The van der Waals surface area contributed by atoms with E-state index < -0.39 is 41.9 Å². The molecular formula is C26H38BN5O8. The number of aliphatic hydroxyl groups excluding tert-OH is 1. The number of amides is 1. The molecule has 3 aliphatic rings. The summed E-state index contributed by atoms with van der Waals surface area (Å²) >= 11 is 0. The van der Waals surface area contributed by atoms with Gasteiger partial charge in [0, 0.05) is 23.2 Å². The van der Waals surface area contributed by atoms with E-state index in [1.54, 1.807) is 19.1 Å². The number of fused-ring (bicyclic) bond motifs is 1. The summed E-state index contributed by atoms with van der Waals surface area (Å²) in [6.07, 6.45) is 7.71. The molecule has 3 aliphatic heterocycles. The predicted molar refractivity (Wildman–Crippen MR) is 147 cm³/mol. The highest BCUT2D eigenvalue weighted by Gasteiger charge is 2.61. The average Bonchev–Trinajstić information content (AvgIpc) is 2.92. The molecule has 0 aliphatic carbocycles. The molecule has 3 fully saturated rings. The van der Waals surface area contributed by atoms with Crippen LogP contribution >= 0.6 is 0 Å². The number of hydrogen-bond acceptors (Lipinski definition) is 10. The Hall–Kier alpha value is -3.03. The Morgan fingerprint density at radius 3 is 2.73 bits per heavy atom. The number of ether oxygens (including phenoxy) is 3. The highest BCUT2D eigenvalue weighted by atomic mass is 16.6. The molecule has 218 valence electrons. The number of allylic oxidation sites excluding steroid dienone is 2. The second kappa shape index (κ2) is 14.6. The Morgan fingerprint density at radius 1 is 1.32 bits per heavy atom. The molecule has 3 rings (SSSR count). The molecule has 3 saturated heterocycles.